The van der Waals surface area contributed by atoms with E-state index >= 15 is 0 Å². The van der Waals surface area contributed by atoms with Gasteiger partial charge in [0.1, 0.15) is 13.5 Å². The lowest BCUT2D eigenvalue weighted by Gasteiger charge is -2.14. The molecule has 0 heterocycles. The fourth-order valence-corrected chi connectivity index (χ4v) is 2.79. The van der Waals surface area contributed by atoms with Gasteiger partial charge in [0.25, 0.3) is 0 Å². The van der Waals surface area contributed by atoms with E-state index in [1.54, 1.807) is 0 Å². The lowest BCUT2D eigenvalue weighted by Crippen LogP contribution is -2.33. The normalized spacial score (nSPS) is 11.7. The van der Waals surface area contributed by atoms with Crippen LogP contribution in [0.3, 0.4) is 0 Å². The van der Waals surface area contributed by atoms with Crippen LogP contribution < -0.4 is 0 Å². The van der Waals surface area contributed by atoms with Crippen molar-refractivity contribution in [3.8, 4) is 0 Å². The number of fused-ring (bicyclic) bond motifs is 1. The Morgan fingerprint density at radius 1 is 0.938 bits per heavy atom. The Kier molecular flexibility index (Phi) is 2.68. The predicted molar refractivity (Wildman–Crippen MR) is 71.6 cm³/mol. The molecule has 0 amide bonds. The van der Waals surface area contributed by atoms with Crippen molar-refractivity contribution >= 4 is 24.3 Å². The molecule has 0 aliphatic rings. The maximum absolute atomic E-state index is 12.2. The van der Waals surface area contributed by atoms with Crippen LogP contribution in [0, 0.1) is 0 Å². The molecule has 0 radical (unpaired) electrons. The first-order valence-corrected chi connectivity index (χ1v) is 9.02. The predicted octanol–water partition coefficient (Wildman–Crippen LogP) is 3.90. The van der Waals surface area contributed by atoms with Crippen LogP contribution >= 0.6 is 0 Å². The smallest absolute Gasteiger partial charge is 0.139 e. The van der Waals surface area contributed by atoms with Crippen molar-refractivity contribution in [3.05, 3.63) is 48.0 Å². The Bertz CT molecular complexity index is 538. The second-order valence-electron chi connectivity index (χ2n) is 5.14. The number of hydrogen-bond donors (Lipinski definition) is 0. The number of hydrogen-bond acceptors (Lipinski definition) is 1. The maximum atomic E-state index is 12.2. The summed E-state index contributed by atoms with van der Waals surface area (Å²) in [5.74, 6) is 0. The van der Waals surface area contributed by atoms with Crippen LogP contribution in [-0.2, 0) is 0 Å². The van der Waals surface area contributed by atoms with Crippen molar-refractivity contribution in [1.82, 2.24) is 0 Å². The second kappa shape index (κ2) is 3.87. The molecule has 0 aliphatic heterocycles. The molecule has 0 bridgehead atoms. The zero-order valence-corrected chi connectivity index (χ0v) is 10.9. The van der Waals surface area contributed by atoms with Crippen molar-refractivity contribution in [1.29, 1.82) is 0 Å². The number of carbonyl (C=O) groups is 1. The minimum atomic E-state index is -1.73. The van der Waals surface area contributed by atoms with Crippen molar-refractivity contribution in [2.24, 2.45) is 0 Å². The Morgan fingerprint density at radius 2 is 1.56 bits per heavy atom. The summed E-state index contributed by atoms with van der Waals surface area (Å²) in [5, 5.41) is 2.67. The van der Waals surface area contributed by atoms with E-state index in [1.165, 1.54) is 5.39 Å². The largest absolute Gasteiger partial charge is 0.300 e. The average Bonchev–Trinajstić information content (AvgIpc) is 2.26. The maximum Gasteiger partial charge on any atom is 0.139 e. The van der Waals surface area contributed by atoms with Gasteiger partial charge in [0, 0.05) is 5.56 Å². The molecule has 2 rings (SSSR count). The molecule has 0 aromatic heterocycles. The molecule has 0 saturated carbocycles. The number of carbonyl (C=O) groups excluding carboxylic acids is 1. The summed E-state index contributed by atoms with van der Waals surface area (Å²) in [6, 6.07) is 14.1. The monoisotopic (exact) mass is 228 g/mol. The fraction of sp³-hybridized carbons (Fsp3) is 0.214. The number of benzene rings is 2. The van der Waals surface area contributed by atoms with Gasteiger partial charge in [-0.3, -0.25) is 0 Å². The lowest BCUT2D eigenvalue weighted by atomic mass is 10.1. The van der Waals surface area contributed by atoms with Crippen LogP contribution in [0.15, 0.2) is 42.5 Å². The van der Waals surface area contributed by atoms with Gasteiger partial charge in [-0.2, -0.15) is 0 Å². The fourth-order valence-electron chi connectivity index (χ4n) is 1.76. The van der Waals surface area contributed by atoms with E-state index in [1.807, 2.05) is 30.3 Å². The van der Waals surface area contributed by atoms with Gasteiger partial charge in [-0.1, -0.05) is 56.0 Å². The standard InChI is InChI=1S/C14H16OSi/c1-16(2,3)14(15)13-9-8-11-6-4-5-7-12(11)10-13/h4-10H,1-3H3. The minimum Gasteiger partial charge on any atom is -0.300 e. The van der Waals surface area contributed by atoms with Crippen LogP contribution in [0.1, 0.15) is 10.4 Å². The summed E-state index contributed by atoms with van der Waals surface area (Å²) in [5.41, 5.74) is 0.859. The Balaban J connectivity index is 2.52. The van der Waals surface area contributed by atoms with E-state index in [9.17, 15) is 4.79 Å². The van der Waals surface area contributed by atoms with E-state index < -0.39 is 8.07 Å². The SMILES string of the molecule is C[Si](C)(C)C(=O)c1ccc2ccccc2c1. The van der Waals surface area contributed by atoms with Crippen LogP contribution in [0.2, 0.25) is 19.6 Å². The van der Waals surface area contributed by atoms with Crippen molar-refractivity contribution < 1.29 is 4.79 Å². The van der Waals surface area contributed by atoms with Gasteiger partial charge in [0.15, 0.2) is 0 Å². The van der Waals surface area contributed by atoms with Gasteiger partial charge in [-0.25, -0.2) is 0 Å². The molecule has 82 valence electrons. The van der Waals surface area contributed by atoms with Crippen molar-refractivity contribution in [3.63, 3.8) is 0 Å². The second-order valence-corrected chi connectivity index (χ2v) is 10.1. The molecule has 2 heteroatoms. The topological polar surface area (TPSA) is 17.1 Å². The molecule has 2 aromatic rings. The van der Waals surface area contributed by atoms with Gasteiger partial charge in [0.05, 0.1) is 0 Å². The number of rotatable bonds is 2. The molecule has 0 N–H and O–H groups in total. The molecule has 1 nitrogen and oxygen atoms in total. The van der Waals surface area contributed by atoms with Crippen molar-refractivity contribution in [2.45, 2.75) is 19.6 Å². The third kappa shape index (κ3) is 2.07. The first-order valence-electron chi connectivity index (χ1n) is 5.52. The van der Waals surface area contributed by atoms with Crippen LogP contribution in [0.4, 0.5) is 0 Å². The Labute approximate surface area is 97.1 Å². The third-order valence-electron chi connectivity index (χ3n) is 2.69. The lowest BCUT2D eigenvalue weighted by molar-refractivity contribution is 0.106. The average molecular weight is 228 g/mol. The first kappa shape index (κ1) is 11.1. The van der Waals surface area contributed by atoms with Gasteiger partial charge < -0.3 is 4.79 Å². The molecule has 16 heavy (non-hydrogen) atoms. The summed E-state index contributed by atoms with van der Waals surface area (Å²) >= 11 is 0. The molecule has 0 fully saturated rings. The van der Waals surface area contributed by atoms with Gasteiger partial charge in [0.2, 0.25) is 0 Å². The van der Waals surface area contributed by atoms with E-state index in [0.29, 0.717) is 5.41 Å². The molecule has 0 atom stereocenters. The quantitative estimate of drug-likeness (QED) is 0.712. The summed E-state index contributed by atoms with van der Waals surface area (Å²) < 4.78 is 0. The third-order valence-corrected chi connectivity index (χ3v) is 4.34. The summed E-state index contributed by atoms with van der Waals surface area (Å²) in [6.07, 6.45) is 0. The van der Waals surface area contributed by atoms with E-state index in [2.05, 4.69) is 31.8 Å². The summed E-state index contributed by atoms with van der Waals surface area (Å²) in [6.45, 7) is 6.26. The highest BCUT2D eigenvalue weighted by atomic mass is 28.3. The Morgan fingerprint density at radius 3 is 2.19 bits per heavy atom. The highest BCUT2D eigenvalue weighted by Crippen LogP contribution is 2.18. The zero-order chi connectivity index (χ0) is 11.8. The minimum absolute atomic E-state index is 0.332. The van der Waals surface area contributed by atoms with Crippen molar-refractivity contribution in [2.75, 3.05) is 0 Å². The Hall–Kier alpha value is -1.41. The van der Waals surface area contributed by atoms with E-state index in [4.69, 9.17) is 0 Å². The molecular weight excluding hydrogens is 212 g/mol. The molecular formula is C14H16OSi. The molecule has 0 aliphatic carbocycles. The van der Waals surface area contributed by atoms with Gasteiger partial charge in [-0.15, -0.1) is 0 Å². The first-order chi connectivity index (χ1) is 7.48. The van der Waals surface area contributed by atoms with E-state index in [0.717, 1.165) is 10.9 Å². The van der Waals surface area contributed by atoms with E-state index in [-0.39, 0.29) is 0 Å². The zero-order valence-electron chi connectivity index (χ0n) is 9.95. The van der Waals surface area contributed by atoms with Crippen LogP contribution in [0.25, 0.3) is 10.8 Å². The highest BCUT2D eigenvalue weighted by Gasteiger charge is 2.25. The molecule has 0 saturated heterocycles. The van der Waals surface area contributed by atoms with Gasteiger partial charge in [-0.05, 0) is 16.8 Å². The molecule has 0 spiro atoms. The molecule has 0 unspecified atom stereocenters. The summed E-state index contributed by atoms with van der Waals surface area (Å²) in [4.78, 5) is 12.2. The van der Waals surface area contributed by atoms with Gasteiger partial charge >= 0.3 is 0 Å². The summed E-state index contributed by atoms with van der Waals surface area (Å²) in [7, 11) is -1.73. The highest BCUT2D eigenvalue weighted by molar-refractivity contribution is 7.05. The van der Waals surface area contributed by atoms with Crippen LogP contribution in [-0.4, -0.2) is 13.5 Å². The molecule has 2 aromatic carbocycles. The van der Waals surface area contributed by atoms with Crippen LogP contribution in [0.5, 0.6) is 0 Å².